The fraction of sp³-hybridized carbons (Fsp3) is 0.367. The van der Waals surface area contributed by atoms with Crippen LogP contribution in [0, 0.1) is 11.3 Å². The highest BCUT2D eigenvalue weighted by Crippen LogP contribution is 2.42. The zero-order valence-electron chi connectivity index (χ0n) is 23.3. The number of pyridine rings is 1. The molecule has 2 atom stereocenters. The lowest BCUT2D eigenvalue weighted by molar-refractivity contribution is -0.128. The summed E-state index contributed by atoms with van der Waals surface area (Å²) in [7, 11) is 2.09. The second-order valence-electron chi connectivity index (χ2n) is 10.7. The molecular weight excluding hydrogens is 556 g/mol. The summed E-state index contributed by atoms with van der Waals surface area (Å²) in [4.78, 5) is 32.5. The summed E-state index contributed by atoms with van der Waals surface area (Å²) in [6, 6.07) is 7.96. The zero-order chi connectivity index (χ0) is 29.4. The van der Waals surface area contributed by atoms with Crippen molar-refractivity contribution >= 4 is 51.0 Å². The number of nitrogen functional groups attached to an aromatic ring is 1. The third-order valence-corrected chi connectivity index (χ3v) is 8.47. The molecule has 2 aliphatic heterocycles. The van der Waals surface area contributed by atoms with Crippen molar-refractivity contribution in [3.63, 3.8) is 0 Å². The molecule has 6 rings (SSSR count). The van der Waals surface area contributed by atoms with E-state index in [2.05, 4.69) is 34.5 Å². The maximum atomic E-state index is 12.6. The van der Waals surface area contributed by atoms with E-state index in [-0.39, 0.29) is 30.4 Å². The number of anilines is 2. The van der Waals surface area contributed by atoms with Crippen LogP contribution in [-0.4, -0.2) is 82.6 Å². The van der Waals surface area contributed by atoms with E-state index in [0.717, 1.165) is 30.3 Å². The SMILES string of the molecule is C=CC(=O)N1CCN(c2nc(OC[C@@H]3CCCN3C)nc3cc(-c4cc(N)ncc4Cl)c4ccoc4c23)C[C@@H]1CC#N. The number of benzene rings is 1. The van der Waals surface area contributed by atoms with Crippen molar-refractivity contribution in [2.24, 2.45) is 0 Å². The van der Waals surface area contributed by atoms with Gasteiger partial charge in [0.05, 0.1) is 40.7 Å². The first-order valence-corrected chi connectivity index (χ1v) is 14.3. The maximum absolute atomic E-state index is 12.6. The Hall–Kier alpha value is -4.40. The monoisotopic (exact) mass is 586 g/mol. The normalized spacial score (nSPS) is 19.4. The van der Waals surface area contributed by atoms with Crippen molar-refractivity contribution in [2.45, 2.75) is 31.3 Å². The number of fused-ring (bicyclic) bond motifs is 3. The third-order valence-electron chi connectivity index (χ3n) is 8.17. The summed E-state index contributed by atoms with van der Waals surface area (Å²) in [6.07, 6.45) is 6.79. The number of nitrogens with two attached hydrogens (primary N) is 1. The van der Waals surface area contributed by atoms with Crippen molar-refractivity contribution in [1.29, 1.82) is 5.26 Å². The lowest BCUT2D eigenvalue weighted by Gasteiger charge is -2.41. The first-order valence-electron chi connectivity index (χ1n) is 13.9. The Morgan fingerprint density at radius 2 is 2.14 bits per heavy atom. The Morgan fingerprint density at radius 1 is 1.29 bits per heavy atom. The van der Waals surface area contributed by atoms with Gasteiger partial charge in [0.2, 0.25) is 5.91 Å². The number of furan rings is 1. The number of piperazine rings is 1. The van der Waals surface area contributed by atoms with Crippen LogP contribution in [0.3, 0.4) is 0 Å². The summed E-state index contributed by atoms with van der Waals surface area (Å²) >= 11 is 6.58. The van der Waals surface area contributed by atoms with Crippen LogP contribution in [0.2, 0.25) is 5.02 Å². The number of hydrogen-bond donors (Lipinski definition) is 1. The second kappa shape index (κ2) is 11.5. The predicted molar refractivity (Wildman–Crippen MR) is 161 cm³/mol. The van der Waals surface area contributed by atoms with Crippen LogP contribution in [0.5, 0.6) is 6.01 Å². The number of likely N-dealkylation sites (tertiary alicyclic amines) is 1. The summed E-state index contributed by atoms with van der Waals surface area (Å²) in [5, 5.41) is 11.5. The lowest BCUT2D eigenvalue weighted by atomic mass is 9.99. The number of ether oxygens (including phenoxy) is 1. The van der Waals surface area contributed by atoms with Gasteiger partial charge in [-0.15, -0.1) is 0 Å². The molecule has 216 valence electrons. The van der Waals surface area contributed by atoms with E-state index < -0.39 is 0 Å². The number of amides is 1. The van der Waals surface area contributed by atoms with Crippen LogP contribution in [0.25, 0.3) is 33.0 Å². The minimum Gasteiger partial charge on any atom is -0.463 e. The number of rotatable bonds is 7. The van der Waals surface area contributed by atoms with E-state index >= 15 is 0 Å². The molecule has 2 N–H and O–H groups in total. The molecule has 1 amide bonds. The Bertz CT molecular complexity index is 1720. The predicted octanol–water partition coefficient (Wildman–Crippen LogP) is 4.26. The first kappa shape index (κ1) is 27.8. The van der Waals surface area contributed by atoms with Crippen LogP contribution < -0.4 is 15.4 Å². The van der Waals surface area contributed by atoms with Crippen molar-refractivity contribution in [3.8, 4) is 23.2 Å². The Labute approximate surface area is 248 Å². The molecule has 4 aromatic rings. The molecule has 0 saturated carbocycles. The van der Waals surface area contributed by atoms with Gasteiger partial charge in [0.15, 0.2) is 0 Å². The van der Waals surface area contributed by atoms with Gasteiger partial charge in [-0.3, -0.25) is 4.79 Å². The Morgan fingerprint density at radius 3 is 2.90 bits per heavy atom. The molecule has 0 bridgehead atoms. The standard InChI is InChI=1S/C30H31ClN8O3/c1-3-26(40)39-11-10-38(16-18(39)6-8-32)29-27-24(35-30(36-29)42-17-19-5-4-9-37(19)2)13-21(20-7-12-41-28(20)27)22-14-25(33)34-15-23(22)31/h3,7,12-15,18-19H,1,4-6,9-11,16-17H2,2H3,(H2,33,34)/t18-,19-/m0/s1. The van der Waals surface area contributed by atoms with E-state index in [4.69, 9.17) is 36.5 Å². The average Bonchev–Trinajstić information content (AvgIpc) is 3.65. The Kier molecular flexibility index (Phi) is 7.58. The van der Waals surface area contributed by atoms with Crippen LogP contribution in [0.15, 0.2) is 47.7 Å². The van der Waals surface area contributed by atoms with Crippen molar-refractivity contribution in [2.75, 3.05) is 50.5 Å². The molecule has 12 heteroatoms. The first-order chi connectivity index (χ1) is 20.4. The van der Waals surface area contributed by atoms with Gasteiger partial charge in [-0.25, -0.2) is 4.98 Å². The van der Waals surface area contributed by atoms with Gasteiger partial charge in [-0.2, -0.15) is 15.2 Å². The molecule has 42 heavy (non-hydrogen) atoms. The lowest BCUT2D eigenvalue weighted by Crippen LogP contribution is -2.55. The second-order valence-corrected chi connectivity index (χ2v) is 11.1. The van der Waals surface area contributed by atoms with Crippen molar-refractivity contribution < 1.29 is 13.9 Å². The van der Waals surface area contributed by atoms with Gasteiger partial charge in [0, 0.05) is 42.8 Å². The van der Waals surface area contributed by atoms with Gasteiger partial charge >= 0.3 is 6.01 Å². The average molecular weight is 587 g/mol. The highest BCUT2D eigenvalue weighted by atomic mass is 35.5. The van der Waals surface area contributed by atoms with Crippen LogP contribution in [0.1, 0.15) is 19.3 Å². The number of nitriles is 1. The van der Waals surface area contributed by atoms with E-state index in [9.17, 15) is 10.1 Å². The van der Waals surface area contributed by atoms with Crippen LogP contribution >= 0.6 is 11.6 Å². The highest BCUT2D eigenvalue weighted by molar-refractivity contribution is 6.34. The molecule has 5 heterocycles. The number of carbonyl (C=O) groups excluding carboxylic acids is 1. The highest BCUT2D eigenvalue weighted by Gasteiger charge is 2.32. The van der Waals surface area contributed by atoms with E-state index in [1.54, 1.807) is 17.2 Å². The van der Waals surface area contributed by atoms with Gasteiger partial charge in [0.1, 0.15) is 23.8 Å². The number of hydrogen-bond acceptors (Lipinski definition) is 10. The quantitative estimate of drug-likeness (QED) is 0.312. The molecule has 2 aliphatic rings. The van der Waals surface area contributed by atoms with Crippen LogP contribution in [0.4, 0.5) is 11.6 Å². The van der Waals surface area contributed by atoms with Gasteiger partial charge < -0.3 is 29.6 Å². The van der Waals surface area contributed by atoms with Gasteiger partial charge in [0.25, 0.3) is 0 Å². The molecule has 2 saturated heterocycles. The number of likely N-dealkylation sites (N-methyl/N-ethyl adjacent to an activating group) is 1. The molecule has 0 aliphatic carbocycles. The molecule has 0 spiro atoms. The molecular formula is C30H31ClN8O3. The molecule has 0 unspecified atom stereocenters. The largest absolute Gasteiger partial charge is 0.463 e. The fourth-order valence-corrected chi connectivity index (χ4v) is 6.18. The van der Waals surface area contributed by atoms with E-state index in [1.165, 1.54) is 12.3 Å². The summed E-state index contributed by atoms with van der Waals surface area (Å²) in [5.41, 5.74) is 8.73. The topological polar surface area (TPSA) is 138 Å². The summed E-state index contributed by atoms with van der Waals surface area (Å²) in [5.74, 6) is 0.767. The number of halogens is 1. The summed E-state index contributed by atoms with van der Waals surface area (Å²) < 4.78 is 12.3. The number of nitrogens with zero attached hydrogens (tertiary/aromatic N) is 7. The van der Waals surface area contributed by atoms with Gasteiger partial charge in [-0.1, -0.05) is 18.2 Å². The fourth-order valence-electron chi connectivity index (χ4n) is 5.97. The zero-order valence-corrected chi connectivity index (χ0v) is 24.0. The smallest absolute Gasteiger partial charge is 0.319 e. The van der Waals surface area contributed by atoms with Crippen LogP contribution in [-0.2, 0) is 4.79 Å². The van der Waals surface area contributed by atoms with Crippen molar-refractivity contribution in [3.05, 3.63) is 48.3 Å². The molecule has 2 fully saturated rings. The number of carbonyl (C=O) groups is 1. The third kappa shape index (κ3) is 5.08. The maximum Gasteiger partial charge on any atom is 0.319 e. The molecule has 11 nitrogen and oxygen atoms in total. The molecule has 0 radical (unpaired) electrons. The van der Waals surface area contributed by atoms with Gasteiger partial charge in [-0.05, 0) is 56.3 Å². The molecule has 3 aromatic heterocycles. The number of aromatic nitrogens is 3. The minimum atomic E-state index is -0.333. The minimum absolute atomic E-state index is 0.179. The van der Waals surface area contributed by atoms with Crippen molar-refractivity contribution in [1.82, 2.24) is 24.8 Å². The van der Waals surface area contributed by atoms with E-state index in [0.29, 0.717) is 64.9 Å². The summed E-state index contributed by atoms with van der Waals surface area (Å²) in [6.45, 7) is 6.43. The molecule has 1 aromatic carbocycles. The van der Waals surface area contributed by atoms with E-state index in [1.807, 2.05) is 12.1 Å². The Balaban J connectivity index is 1.50.